The van der Waals surface area contributed by atoms with Gasteiger partial charge in [-0.15, -0.1) is 0 Å². The Morgan fingerprint density at radius 2 is 1.74 bits per heavy atom. The molecule has 2 aromatic carbocycles. The topological polar surface area (TPSA) is 34.9 Å². The molecule has 1 aliphatic carbocycles. The van der Waals surface area contributed by atoms with E-state index in [1.165, 1.54) is 16.8 Å². The lowest BCUT2D eigenvalue weighted by Gasteiger charge is -2.19. The van der Waals surface area contributed by atoms with Crippen LogP contribution in [0.3, 0.4) is 0 Å². The van der Waals surface area contributed by atoms with Gasteiger partial charge in [-0.1, -0.05) is 17.7 Å². The van der Waals surface area contributed by atoms with Crippen molar-refractivity contribution in [3.63, 3.8) is 0 Å². The zero-order chi connectivity index (χ0) is 16.0. The molecule has 0 aliphatic heterocycles. The summed E-state index contributed by atoms with van der Waals surface area (Å²) in [5, 5.41) is 5.08. The average molecular weight is 327 g/mol. The minimum atomic E-state index is -0.303. The lowest BCUT2D eigenvalue weighted by atomic mass is 9.89. The van der Waals surface area contributed by atoms with Gasteiger partial charge in [-0.2, -0.15) is 9.78 Å². The zero-order valence-corrected chi connectivity index (χ0v) is 12.8. The maximum absolute atomic E-state index is 13.6. The molecule has 0 N–H and O–H groups in total. The third-order valence-electron chi connectivity index (χ3n) is 4.07. The highest BCUT2D eigenvalue weighted by Crippen LogP contribution is 2.31. The van der Waals surface area contributed by atoms with Gasteiger partial charge in [0.2, 0.25) is 0 Å². The molecule has 3 nitrogen and oxygen atoms in total. The van der Waals surface area contributed by atoms with Crippen molar-refractivity contribution in [2.24, 2.45) is 0 Å². The Morgan fingerprint density at radius 1 is 1.00 bits per heavy atom. The molecule has 1 aromatic heterocycles. The number of halogens is 2. The van der Waals surface area contributed by atoms with Gasteiger partial charge in [-0.05, 0) is 60.4 Å². The van der Waals surface area contributed by atoms with Crippen molar-refractivity contribution in [1.29, 1.82) is 0 Å². The van der Waals surface area contributed by atoms with Crippen molar-refractivity contribution in [3.05, 3.63) is 80.9 Å². The van der Waals surface area contributed by atoms with E-state index < -0.39 is 0 Å². The van der Waals surface area contributed by atoms with Crippen molar-refractivity contribution < 1.29 is 4.39 Å². The van der Waals surface area contributed by atoms with E-state index in [0.29, 0.717) is 16.4 Å². The fraction of sp³-hybridized carbons (Fsp3) is 0.111. The molecule has 0 saturated heterocycles. The van der Waals surface area contributed by atoms with E-state index in [1.807, 2.05) is 0 Å². The van der Waals surface area contributed by atoms with Crippen molar-refractivity contribution in [1.82, 2.24) is 9.78 Å². The van der Waals surface area contributed by atoms with Gasteiger partial charge in [0.15, 0.2) is 0 Å². The van der Waals surface area contributed by atoms with Crippen LogP contribution in [-0.4, -0.2) is 9.78 Å². The second-order valence-electron chi connectivity index (χ2n) is 5.55. The van der Waals surface area contributed by atoms with Crippen LogP contribution in [-0.2, 0) is 12.8 Å². The lowest BCUT2D eigenvalue weighted by Crippen LogP contribution is -2.24. The SMILES string of the molecule is O=c1cc2c(nn1-c1ccc(Cl)cc1)-c1cc(F)ccc1CC2. The molecule has 0 bridgehead atoms. The van der Waals surface area contributed by atoms with Gasteiger partial charge in [-0.25, -0.2) is 4.39 Å². The van der Waals surface area contributed by atoms with Crippen molar-refractivity contribution in [2.45, 2.75) is 12.8 Å². The van der Waals surface area contributed by atoms with Gasteiger partial charge in [0.25, 0.3) is 5.56 Å². The minimum absolute atomic E-state index is 0.203. The Bertz CT molecular complexity index is 964. The third-order valence-corrected chi connectivity index (χ3v) is 4.32. The fourth-order valence-corrected chi connectivity index (χ4v) is 3.06. The standard InChI is InChI=1S/C18H12ClFN2O/c19-13-4-7-15(8-5-13)22-17(23)9-12-2-1-11-3-6-14(20)10-16(11)18(12)21-22/h3-10H,1-2H2. The molecule has 0 amide bonds. The number of aromatic nitrogens is 2. The summed E-state index contributed by atoms with van der Waals surface area (Å²) in [5.74, 6) is -0.303. The van der Waals surface area contributed by atoms with Gasteiger partial charge in [0, 0.05) is 16.7 Å². The van der Waals surface area contributed by atoms with Crippen LogP contribution < -0.4 is 5.56 Å². The predicted molar refractivity (Wildman–Crippen MR) is 87.6 cm³/mol. The van der Waals surface area contributed by atoms with Crippen LogP contribution in [0.4, 0.5) is 4.39 Å². The summed E-state index contributed by atoms with van der Waals surface area (Å²) in [6.07, 6.45) is 1.52. The van der Waals surface area contributed by atoms with Crippen LogP contribution in [0.25, 0.3) is 16.9 Å². The maximum atomic E-state index is 13.6. The highest BCUT2D eigenvalue weighted by molar-refractivity contribution is 6.30. The first-order valence-electron chi connectivity index (χ1n) is 7.30. The fourth-order valence-electron chi connectivity index (χ4n) is 2.93. The van der Waals surface area contributed by atoms with Crippen LogP contribution in [0.15, 0.2) is 53.3 Å². The molecule has 0 radical (unpaired) electrons. The molecule has 114 valence electrons. The largest absolute Gasteiger partial charge is 0.271 e. The molecular weight excluding hydrogens is 315 g/mol. The number of hydrogen-bond acceptors (Lipinski definition) is 2. The molecule has 0 atom stereocenters. The molecule has 0 unspecified atom stereocenters. The first kappa shape index (κ1) is 14.2. The summed E-state index contributed by atoms with van der Waals surface area (Å²) in [6.45, 7) is 0. The summed E-state index contributed by atoms with van der Waals surface area (Å²) in [5.41, 5.74) is 3.76. The number of nitrogens with zero attached hydrogens (tertiary/aromatic N) is 2. The van der Waals surface area contributed by atoms with Crippen molar-refractivity contribution in [3.8, 4) is 16.9 Å². The van der Waals surface area contributed by atoms with E-state index in [-0.39, 0.29) is 11.4 Å². The van der Waals surface area contributed by atoms with Gasteiger partial charge >= 0.3 is 0 Å². The molecular formula is C18H12ClFN2O. The van der Waals surface area contributed by atoms with Gasteiger partial charge in [-0.3, -0.25) is 4.79 Å². The van der Waals surface area contributed by atoms with Gasteiger partial charge in [0.1, 0.15) is 5.82 Å². The number of hydrogen-bond donors (Lipinski definition) is 0. The minimum Gasteiger partial charge on any atom is -0.267 e. The van der Waals surface area contributed by atoms with E-state index in [4.69, 9.17) is 11.6 Å². The number of benzene rings is 2. The summed E-state index contributed by atoms with van der Waals surface area (Å²) < 4.78 is 15.0. The second kappa shape index (κ2) is 5.32. The Labute approximate surface area is 137 Å². The van der Waals surface area contributed by atoms with Crippen LogP contribution in [0, 0.1) is 5.82 Å². The Morgan fingerprint density at radius 3 is 2.52 bits per heavy atom. The Kier molecular flexibility index (Phi) is 3.27. The number of rotatable bonds is 1. The normalized spacial score (nSPS) is 12.6. The second-order valence-corrected chi connectivity index (χ2v) is 5.98. The smallest absolute Gasteiger partial charge is 0.267 e. The Balaban J connectivity index is 1.94. The quantitative estimate of drug-likeness (QED) is 0.682. The monoisotopic (exact) mass is 326 g/mol. The maximum Gasteiger partial charge on any atom is 0.271 e. The van der Waals surface area contributed by atoms with E-state index in [0.717, 1.165) is 29.5 Å². The molecule has 0 spiro atoms. The summed E-state index contributed by atoms with van der Waals surface area (Å²) in [4.78, 5) is 12.3. The van der Waals surface area contributed by atoms with Crippen LogP contribution in [0.2, 0.25) is 5.02 Å². The predicted octanol–water partition coefficient (Wildman–Crippen LogP) is 3.79. The van der Waals surface area contributed by atoms with Crippen LogP contribution in [0.1, 0.15) is 11.1 Å². The average Bonchev–Trinajstić information content (AvgIpc) is 2.55. The summed E-state index contributed by atoms with van der Waals surface area (Å²) >= 11 is 5.89. The van der Waals surface area contributed by atoms with Crippen LogP contribution >= 0.6 is 11.6 Å². The molecule has 0 saturated carbocycles. The van der Waals surface area contributed by atoms with Gasteiger partial charge in [0.05, 0.1) is 11.4 Å². The van der Waals surface area contributed by atoms with E-state index in [2.05, 4.69) is 5.10 Å². The molecule has 1 heterocycles. The lowest BCUT2D eigenvalue weighted by molar-refractivity contribution is 0.626. The van der Waals surface area contributed by atoms with Crippen molar-refractivity contribution in [2.75, 3.05) is 0 Å². The molecule has 0 fully saturated rings. The summed E-state index contributed by atoms with van der Waals surface area (Å²) in [7, 11) is 0. The number of aryl methyl sites for hydroxylation is 2. The molecule has 23 heavy (non-hydrogen) atoms. The number of fused-ring (bicyclic) bond motifs is 3. The van der Waals surface area contributed by atoms with E-state index >= 15 is 0 Å². The highest BCUT2D eigenvalue weighted by atomic mass is 35.5. The van der Waals surface area contributed by atoms with Crippen molar-refractivity contribution >= 4 is 11.6 Å². The summed E-state index contributed by atoms with van der Waals surface area (Å²) in [6, 6.07) is 13.2. The third kappa shape index (κ3) is 2.45. The molecule has 1 aliphatic rings. The molecule has 4 rings (SSSR count). The first-order chi connectivity index (χ1) is 11.1. The first-order valence-corrected chi connectivity index (χ1v) is 7.67. The highest BCUT2D eigenvalue weighted by Gasteiger charge is 2.20. The van der Waals surface area contributed by atoms with E-state index in [1.54, 1.807) is 36.4 Å². The van der Waals surface area contributed by atoms with Gasteiger partial charge < -0.3 is 0 Å². The zero-order valence-electron chi connectivity index (χ0n) is 12.1. The van der Waals surface area contributed by atoms with E-state index in [9.17, 15) is 9.18 Å². The molecule has 5 heteroatoms. The molecule has 3 aromatic rings. The Hall–Kier alpha value is -2.46. The van der Waals surface area contributed by atoms with Crippen LogP contribution in [0.5, 0.6) is 0 Å².